The number of ether oxygens (including phenoxy) is 2. The number of hydrogen-bond acceptors (Lipinski definition) is 6. The van der Waals surface area contributed by atoms with Gasteiger partial charge in [0.1, 0.15) is 5.60 Å². The van der Waals surface area contributed by atoms with Crippen molar-refractivity contribution in [2.45, 2.75) is 50.9 Å². The molecule has 7 heteroatoms. The largest absolute Gasteiger partial charge is 0.479 e. The van der Waals surface area contributed by atoms with Crippen LogP contribution < -0.4 is 0 Å². The minimum atomic E-state index is -2.25. The molecular formula is C12H18O7. The summed E-state index contributed by atoms with van der Waals surface area (Å²) >= 11 is 0. The highest BCUT2D eigenvalue weighted by Gasteiger charge is 2.54. The number of ketones is 1. The Bertz CT molecular complexity index is 395. The van der Waals surface area contributed by atoms with Gasteiger partial charge in [0.15, 0.2) is 11.9 Å². The van der Waals surface area contributed by atoms with Gasteiger partial charge in [-0.3, -0.25) is 9.59 Å². The average molecular weight is 274 g/mol. The molecule has 1 aliphatic heterocycles. The molecule has 19 heavy (non-hydrogen) atoms. The average Bonchev–Trinajstić information content (AvgIpc) is 2.21. The number of aliphatic hydroxyl groups is 1. The SMILES string of the molecule is CC(C)(C)OC(=O)CC1(C(=O)O)OCCC(=O)C1O. The lowest BCUT2D eigenvalue weighted by atomic mass is 9.86. The van der Waals surface area contributed by atoms with Crippen LogP contribution in [0.2, 0.25) is 0 Å². The van der Waals surface area contributed by atoms with Crippen molar-refractivity contribution in [2.24, 2.45) is 0 Å². The molecule has 0 spiro atoms. The summed E-state index contributed by atoms with van der Waals surface area (Å²) in [5, 5.41) is 18.9. The highest BCUT2D eigenvalue weighted by molar-refractivity contribution is 5.95. The lowest BCUT2D eigenvalue weighted by molar-refractivity contribution is -0.203. The van der Waals surface area contributed by atoms with Crippen LogP contribution in [0, 0.1) is 0 Å². The lowest BCUT2D eigenvalue weighted by Crippen LogP contribution is -2.59. The number of carbonyl (C=O) groups is 3. The first kappa shape index (κ1) is 15.6. The summed E-state index contributed by atoms with van der Waals surface area (Å²) in [5.74, 6) is -3.06. The predicted octanol–water partition coefficient (Wildman–Crippen LogP) is -0.108. The maximum absolute atomic E-state index is 11.7. The summed E-state index contributed by atoms with van der Waals surface area (Å²) in [5.41, 5.74) is -3.04. The fourth-order valence-corrected chi connectivity index (χ4v) is 1.80. The monoisotopic (exact) mass is 274 g/mol. The summed E-state index contributed by atoms with van der Waals surface area (Å²) in [4.78, 5) is 34.4. The van der Waals surface area contributed by atoms with Crippen molar-refractivity contribution in [3.05, 3.63) is 0 Å². The number of Topliss-reactive ketones (excluding diaryl/α,β-unsaturated/α-hetero) is 1. The van der Waals surface area contributed by atoms with Gasteiger partial charge in [-0.2, -0.15) is 0 Å². The van der Waals surface area contributed by atoms with Crippen LogP contribution in [0.25, 0.3) is 0 Å². The number of carboxylic acids is 1. The zero-order valence-electron chi connectivity index (χ0n) is 11.1. The van der Waals surface area contributed by atoms with Crippen molar-refractivity contribution in [3.8, 4) is 0 Å². The molecule has 0 bridgehead atoms. The first-order valence-corrected chi connectivity index (χ1v) is 5.88. The maximum atomic E-state index is 11.7. The molecule has 0 aromatic heterocycles. The Morgan fingerprint density at radius 1 is 1.47 bits per heavy atom. The third kappa shape index (κ3) is 3.51. The van der Waals surface area contributed by atoms with Crippen molar-refractivity contribution in [2.75, 3.05) is 6.61 Å². The summed E-state index contributed by atoms with van der Waals surface area (Å²) in [6, 6.07) is 0. The van der Waals surface area contributed by atoms with Gasteiger partial charge < -0.3 is 19.7 Å². The molecular weight excluding hydrogens is 256 g/mol. The van der Waals surface area contributed by atoms with Crippen molar-refractivity contribution in [1.82, 2.24) is 0 Å². The fourth-order valence-electron chi connectivity index (χ4n) is 1.80. The highest BCUT2D eigenvalue weighted by Crippen LogP contribution is 2.28. The molecule has 0 aromatic rings. The first-order chi connectivity index (χ1) is 8.58. The van der Waals surface area contributed by atoms with E-state index in [1.165, 1.54) is 0 Å². The molecule has 2 unspecified atom stereocenters. The van der Waals surface area contributed by atoms with E-state index >= 15 is 0 Å². The van der Waals surface area contributed by atoms with Gasteiger partial charge in [0, 0.05) is 6.42 Å². The Balaban J connectivity index is 2.92. The normalized spacial score (nSPS) is 28.0. The summed E-state index contributed by atoms with van der Waals surface area (Å²) in [6.07, 6.45) is -2.66. The van der Waals surface area contributed by atoms with Gasteiger partial charge >= 0.3 is 11.9 Å². The van der Waals surface area contributed by atoms with E-state index in [1.807, 2.05) is 0 Å². The molecule has 1 aliphatic rings. The van der Waals surface area contributed by atoms with Crippen LogP contribution in [0.15, 0.2) is 0 Å². The Kier molecular flexibility index (Phi) is 4.32. The Hall–Kier alpha value is -1.47. The molecule has 1 rings (SSSR count). The minimum absolute atomic E-state index is 0.0789. The molecule has 2 atom stereocenters. The Labute approximate surface area is 110 Å². The predicted molar refractivity (Wildman–Crippen MR) is 62.4 cm³/mol. The quantitative estimate of drug-likeness (QED) is 0.691. The number of hydrogen-bond donors (Lipinski definition) is 2. The topological polar surface area (TPSA) is 110 Å². The molecule has 2 N–H and O–H groups in total. The van der Waals surface area contributed by atoms with E-state index < -0.39 is 41.4 Å². The van der Waals surface area contributed by atoms with Crippen LogP contribution >= 0.6 is 0 Å². The van der Waals surface area contributed by atoms with Gasteiger partial charge in [-0.05, 0) is 20.8 Å². The highest BCUT2D eigenvalue weighted by atomic mass is 16.6. The van der Waals surface area contributed by atoms with E-state index in [2.05, 4.69) is 0 Å². The zero-order chi connectivity index (χ0) is 14.8. The molecule has 1 heterocycles. The molecule has 108 valence electrons. The number of carbonyl (C=O) groups excluding carboxylic acids is 2. The van der Waals surface area contributed by atoms with E-state index in [-0.39, 0.29) is 13.0 Å². The van der Waals surface area contributed by atoms with Crippen LogP contribution in [0.4, 0.5) is 0 Å². The lowest BCUT2D eigenvalue weighted by Gasteiger charge is -2.36. The molecule has 1 saturated heterocycles. The van der Waals surface area contributed by atoms with Gasteiger partial charge in [-0.25, -0.2) is 4.79 Å². The third-order valence-corrected chi connectivity index (χ3v) is 2.64. The van der Waals surface area contributed by atoms with Crippen LogP contribution in [0.3, 0.4) is 0 Å². The molecule has 0 saturated carbocycles. The number of esters is 1. The molecule has 0 amide bonds. The second-order valence-corrected chi connectivity index (χ2v) is 5.43. The maximum Gasteiger partial charge on any atom is 0.339 e. The second-order valence-electron chi connectivity index (χ2n) is 5.43. The van der Waals surface area contributed by atoms with E-state index in [0.717, 1.165) is 0 Å². The smallest absolute Gasteiger partial charge is 0.339 e. The van der Waals surface area contributed by atoms with Gasteiger partial charge in [0.05, 0.1) is 13.0 Å². The zero-order valence-corrected chi connectivity index (χ0v) is 11.1. The number of carboxylic acid groups (broad SMARTS) is 1. The van der Waals surface area contributed by atoms with Crippen LogP contribution in [0.5, 0.6) is 0 Å². The number of aliphatic hydroxyl groups excluding tert-OH is 1. The van der Waals surface area contributed by atoms with Crippen LogP contribution in [-0.2, 0) is 23.9 Å². The molecule has 1 fully saturated rings. The van der Waals surface area contributed by atoms with Crippen molar-refractivity contribution in [1.29, 1.82) is 0 Å². The van der Waals surface area contributed by atoms with Crippen molar-refractivity contribution < 1.29 is 34.1 Å². The fraction of sp³-hybridized carbons (Fsp3) is 0.750. The van der Waals surface area contributed by atoms with E-state index in [4.69, 9.17) is 9.47 Å². The molecule has 0 aliphatic carbocycles. The first-order valence-electron chi connectivity index (χ1n) is 5.88. The Morgan fingerprint density at radius 3 is 2.53 bits per heavy atom. The van der Waals surface area contributed by atoms with E-state index in [0.29, 0.717) is 0 Å². The standard InChI is InChI=1S/C12H18O7/c1-11(2,3)19-8(14)6-12(10(16)17)9(15)7(13)4-5-18-12/h9,15H,4-6H2,1-3H3,(H,16,17). The van der Waals surface area contributed by atoms with Gasteiger partial charge in [0.25, 0.3) is 0 Å². The Morgan fingerprint density at radius 2 is 2.05 bits per heavy atom. The molecule has 7 nitrogen and oxygen atoms in total. The van der Waals surface area contributed by atoms with E-state index in [9.17, 15) is 24.6 Å². The second kappa shape index (κ2) is 5.26. The number of aliphatic carboxylic acids is 1. The summed E-state index contributed by atoms with van der Waals surface area (Å²) < 4.78 is 10.0. The summed E-state index contributed by atoms with van der Waals surface area (Å²) in [6.45, 7) is 4.73. The van der Waals surface area contributed by atoms with Crippen molar-refractivity contribution in [3.63, 3.8) is 0 Å². The molecule has 0 aromatic carbocycles. The van der Waals surface area contributed by atoms with E-state index in [1.54, 1.807) is 20.8 Å². The van der Waals surface area contributed by atoms with Crippen LogP contribution in [0.1, 0.15) is 33.6 Å². The number of rotatable bonds is 3. The van der Waals surface area contributed by atoms with Crippen LogP contribution in [-0.4, -0.2) is 51.8 Å². The van der Waals surface area contributed by atoms with Crippen molar-refractivity contribution >= 4 is 17.7 Å². The van der Waals surface area contributed by atoms with Gasteiger partial charge in [-0.15, -0.1) is 0 Å². The summed E-state index contributed by atoms with van der Waals surface area (Å²) in [7, 11) is 0. The van der Waals surface area contributed by atoms with Gasteiger partial charge in [-0.1, -0.05) is 0 Å². The molecule has 0 radical (unpaired) electrons. The third-order valence-electron chi connectivity index (χ3n) is 2.64. The van der Waals surface area contributed by atoms with Gasteiger partial charge in [0.2, 0.25) is 5.60 Å². The minimum Gasteiger partial charge on any atom is -0.479 e.